The highest BCUT2D eigenvalue weighted by molar-refractivity contribution is 5.79. The fourth-order valence-electron chi connectivity index (χ4n) is 4.83. The van der Waals surface area contributed by atoms with Crippen LogP contribution < -0.4 is 0 Å². The Morgan fingerprint density at radius 2 is 1.80 bits per heavy atom. The Morgan fingerprint density at radius 3 is 2.57 bits per heavy atom. The molecule has 168 valence electrons. The number of fused-ring (bicyclic) bond motifs is 1. The number of aromatic nitrogens is 3. The van der Waals surface area contributed by atoms with Crippen LogP contribution in [0.15, 0.2) is 0 Å². The zero-order chi connectivity index (χ0) is 21.3. The summed E-state index contributed by atoms with van der Waals surface area (Å²) in [5.74, 6) is 2.85. The van der Waals surface area contributed by atoms with Gasteiger partial charge in [-0.3, -0.25) is 9.59 Å². The Hall–Kier alpha value is -1.92. The number of nitrogens with zero attached hydrogens (tertiary/aromatic N) is 5. The van der Waals surface area contributed by atoms with Gasteiger partial charge in [0.1, 0.15) is 11.6 Å². The van der Waals surface area contributed by atoms with Crippen LogP contribution in [0.2, 0.25) is 0 Å². The number of piperidine rings is 1. The second-order valence-corrected chi connectivity index (χ2v) is 8.85. The van der Waals surface area contributed by atoms with E-state index in [0.717, 1.165) is 76.5 Å². The molecule has 1 atom stereocenters. The molecule has 1 fully saturated rings. The highest BCUT2D eigenvalue weighted by Crippen LogP contribution is 2.28. The molecule has 2 aliphatic heterocycles. The molecule has 0 saturated carbocycles. The van der Waals surface area contributed by atoms with Gasteiger partial charge in [-0.05, 0) is 44.9 Å². The Balaban J connectivity index is 1.50. The SMILES string of the molecule is CCCN(CCC)C(=O)CCCC(=O)N1CCCC(c2nnc3n2CCCCC3)C1. The lowest BCUT2D eigenvalue weighted by Gasteiger charge is -2.32. The van der Waals surface area contributed by atoms with Gasteiger partial charge in [0.25, 0.3) is 0 Å². The molecule has 0 aromatic carbocycles. The minimum atomic E-state index is 0.181. The largest absolute Gasteiger partial charge is 0.343 e. The number of rotatable bonds is 9. The number of carbonyl (C=O) groups is 2. The Labute approximate surface area is 181 Å². The van der Waals surface area contributed by atoms with E-state index in [2.05, 4.69) is 28.6 Å². The predicted molar refractivity (Wildman–Crippen MR) is 117 cm³/mol. The Bertz CT molecular complexity index is 696. The maximum absolute atomic E-state index is 12.8. The summed E-state index contributed by atoms with van der Waals surface area (Å²) in [5, 5.41) is 8.97. The van der Waals surface area contributed by atoms with E-state index in [4.69, 9.17) is 0 Å². The van der Waals surface area contributed by atoms with Crippen LogP contribution in [0, 0.1) is 0 Å². The number of hydrogen-bond donors (Lipinski definition) is 0. The topological polar surface area (TPSA) is 71.3 Å². The van der Waals surface area contributed by atoms with E-state index in [-0.39, 0.29) is 17.7 Å². The molecule has 7 nitrogen and oxygen atoms in total. The van der Waals surface area contributed by atoms with Gasteiger partial charge in [-0.15, -0.1) is 10.2 Å². The molecule has 1 aromatic rings. The van der Waals surface area contributed by atoms with Crippen LogP contribution in [0.1, 0.15) is 95.6 Å². The van der Waals surface area contributed by atoms with Crippen molar-refractivity contribution in [3.8, 4) is 0 Å². The van der Waals surface area contributed by atoms with Crippen molar-refractivity contribution >= 4 is 11.8 Å². The third-order valence-electron chi connectivity index (χ3n) is 6.40. The average Bonchev–Trinajstić information content (AvgIpc) is 3.01. The van der Waals surface area contributed by atoms with Gasteiger partial charge in [0, 0.05) is 57.9 Å². The second-order valence-electron chi connectivity index (χ2n) is 8.85. The monoisotopic (exact) mass is 417 g/mol. The first kappa shape index (κ1) is 22.8. The summed E-state index contributed by atoms with van der Waals surface area (Å²) in [4.78, 5) is 29.2. The first-order valence-corrected chi connectivity index (χ1v) is 12.1. The highest BCUT2D eigenvalue weighted by atomic mass is 16.2. The average molecular weight is 418 g/mol. The summed E-state index contributed by atoms with van der Waals surface area (Å²) in [6.07, 6.45) is 10.3. The molecule has 0 bridgehead atoms. The maximum Gasteiger partial charge on any atom is 0.222 e. The normalized spacial score (nSPS) is 19.3. The van der Waals surface area contributed by atoms with Gasteiger partial charge in [-0.25, -0.2) is 0 Å². The molecule has 3 rings (SSSR count). The van der Waals surface area contributed by atoms with Crippen molar-refractivity contribution in [1.29, 1.82) is 0 Å². The van der Waals surface area contributed by atoms with Crippen LogP contribution in [-0.2, 0) is 22.6 Å². The molecule has 1 unspecified atom stereocenters. The third-order valence-corrected chi connectivity index (χ3v) is 6.40. The lowest BCUT2D eigenvalue weighted by atomic mass is 9.96. The second kappa shape index (κ2) is 11.5. The van der Waals surface area contributed by atoms with Crippen molar-refractivity contribution in [3.05, 3.63) is 11.6 Å². The van der Waals surface area contributed by atoms with Crippen LogP contribution >= 0.6 is 0 Å². The number of carbonyl (C=O) groups excluding carboxylic acids is 2. The van der Waals surface area contributed by atoms with Crippen molar-refractivity contribution in [1.82, 2.24) is 24.6 Å². The van der Waals surface area contributed by atoms with Crippen molar-refractivity contribution < 1.29 is 9.59 Å². The molecule has 0 spiro atoms. The van der Waals surface area contributed by atoms with Gasteiger partial charge in [0.05, 0.1) is 0 Å². The molecular formula is C23H39N5O2. The fourth-order valence-corrected chi connectivity index (χ4v) is 4.83. The first-order chi connectivity index (χ1) is 14.6. The van der Waals surface area contributed by atoms with Crippen LogP contribution in [0.4, 0.5) is 0 Å². The van der Waals surface area contributed by atoms with Crippen molar-refractivity contribution in [2.24, 2.45) is 0 Å². The number of hydrogen-bond acceptors (Lipinski definition) is 4. The molecule has 0 N–H and O–H groups in total. The number of amides is 2. The van der Waals surface area contributed by atoms with Gasteiger partial charge >= 0.3 is 0 Å². The third kappa shape index (κ3) is 5.82. The van der Waals surface area contributed by atoms with E-state index in [9.17, 15) is 9.59 Å². The molecule has 7 heteroatoms. The molecular weight excluding hydrogens is 378 g/mol. The summed E-state index contributed by atoms with van der Waals surface area (Å²) in [6, 6.07) is 0. The summed E-state index contributed by atoms with van der Waals surface area (Å²) in [5.41, 5.74) is 0. The zero-order valence-electron chi connectivity index (χ0n) is 18.9. The molecule has 0 radical (unpaired) electrons. The lowest BCUT2D eigenvalue weighted by molar-refractivity contribution is -0.133. The Kier molecular flexibility index (Phi) is 8.70. The van der Waals surface area contributed by atoms with Crippen LogP contribution in [0.25, 0.3) is 0 Å². The fraction of sp³-hybridized carbons (Fsp3) is 0.826. The van der Waals surface area contributed by atoms with Gasteiger partial charge in [-0.1, -0.05) is 20.3 Å². The van der Waals surface area contributed by atoms with Crippen molar-refractivity contribution in [3.63, 3.8) is 0 Å². The van der Waals surface area contributed by atoms with Crippen LogP contribution in [0.5, 0.6) is 0 Å². The summed E-state index contributed by atoms with van der Waals surface area (Å²) in [7, 11) is 0. The van der Waals surface area contributed by atoms with E-state index in [1.807, 2.05) is 9.80 Å². The minimum Gasteiger partial charge on any atom is -0.343 e. The van der Waals surface area contributed by atoms with E-state index in [1.54, 1.807) is 0 Å². The van der Waals surface area contributed by atoms with E-state index < -0.39 is 0 Å². The van der Waals surface area contributed by atoms with Gasteiger partial charge in [0.2, 0.25) is 11.8 Å². The van der Waals surface area contributed by atoms with Crippen molar-refractivity contribution in [2.45, 2.75) is 96.9 Å². The van der Waals surface area contributed by atoms with E-state index >= 15 is 0 Å². The number of likely N-dealkylation sites (tertiary alicyclic amines) is 1. The molecule has 0 aliphatic carbocycles. The van der Waals surface area contributed by atoms with Gasteiger partial charge < -0.3 is 14.4 Å². The highest BCUT2D eigenvalue weighted by Gasteiger charge is 2.29. The molecule has 30 heavy (non-hydrogen) atoms. The molecule has 3 heterocycles. The summed E-state index contributed by atoms with van der Waals surface area (Å²) >= 11 is 0. The quantitative estimate of drug-likeness (QED) is 0.616. The predicted octanol–water partition coefficient (Wildman–Crippen LogP) is 3.53. The van der Waals surface area contributed by atoms with E-state index in [0.29, 0.717) is 19.3 Å². The zero-order valence-corrected chi connectivity index (χ0v) is 18.9. The van der Waals surface area contributed by atoms with Crippen LogP contribution in [0.3, 0.4) is 0 Å². The molecule has 2 aliphatic rings. The van der Waals surface area contributed by atoms with E-state index in [1.165, 1.54) is 19.3 Å². The molecule has 1 saturated heterocycles. The smallest absolute Gasteiger partial charge is 0.222 e. The molecule has 2 amide bonds. The van der Waals surface area contributed by atoms with Crippen LogP contribution in [-0.4, -0.2) is 62.6 Å². The summed E-state index contributed by atoms with van der Waals surface area (Å²) < 4.78 is 2.32. The van der Waals surface area contributed by atoms with Crippen molar-refractivity contribution in [2.75, 3.05) is 26.2 Å². The Morgan fingerprint density at radius 1 is 1.00 bits per heavy atom. The van der Waals surface area contributed by atoms with Gasteiger partial charge in [-0.2, -0.15) is 0 Å². The standard InChI is InChI=1S/C23H39N5O2/c1-3-14-26(15-4-2)21(29)12-8-13-22(30)27-16-9-10-19(18-27)23-25-24-20-11-6-5-7-17-28(20)23/h19H,3-18H2,1-2H3. The maximum atomic E-state index is 12.8. The summed E-state index contributed by atoms with van der Waals surface area (Å²) in [6.45, 7) is 8.40. The number of aryl methyl sites for hydroxylation is 1. The van der Waals surface area contributed by atoms with Gasteiger partial charge in [0.15, 0.2) is 0 Å². The molecule has 1 aromatic heterocycles. The minimum absolute atomic E-state index is 0.181. The lowest BCUT2D eigenvalue weighted by Crippen LogP contribution is -2.40. The first-order valence-electron chi connectivity index (χ1n) is 12.1.